The summed E-state index contributed by atoms with van der Waals surface area (Å²) in [6, 6.07) is 4.99. The summed E-state index contributed by atoms with van der Waals surface area (Å²) in [7, 11) is -3.50. The standard InChI is InChI=1S/C16H20ClN3O3S2/c1-11-9-13(12(2)18-11)14(21)10-19-5-7-20(8-6-19)25(22,23)16-4-3-15(17)24-16/h3-4,9,18H,5-8,10H2,1-2H3. The van der Waals surface area contributed by atoms with E-state index in [1.54, 1.807) is 6.07 Å². The third kappa shape index (κ3) is 3.98. The van der Waals surface area contributed by atoms with Gasteiger partial charge in [-0.05, 0) is 32.0 Å². The number of hydrogen-bond acceptors (Lipinski definition) is 5. The first-order chi connectivity index (χ1) is 11.8. The minimum atomic E-state index is -3.50. The predicted octanol–water partition coefficient (Wildman–Crippen LogP) is 2.54. The van der Waals surface area contributed by atoms with Crippen LogP contribution in [0.2, 0.25) is 4.34 Å². The second-order valence-electron chi connectivity index (χ2n) is 6.15. The fraction of sp³-hybridized carbons (Fsp3) is 0.438. The van der Waals surface area contributed by atoms with E-state index in [1.165, 1.54) is 10.4 Å². The third-order valence-corrected chi connectivity index (χ3v) is 7.89. The van der Waals surface area contributed by atoms with E-state index in [0.717, 1.165) is 22.7 Å². The van der Waals surface area contributed by atoms with Crippen LogP contribution in [0.15, 0.2) is 22.4 Å². The molecule has 1 aliphatic rings. The number of thiophene rings is 1. The van der Waals surface area contributed by atoms with Crippen molar-refractivity contribution in [3.05, 3.63) is 39.5 Å². The molecular formula is C16H20ClN3O3S2. The number of aryl methyl sites for hydroxylation is 2. The number of aromatic amines is 1. The number of carbonyl (C=O) groups excluding carboxylic acids is 1. The normalized spacial score (nSPS) is 17.1. The minimum Gasteiger partial charge on any atom is -0.362 e. The summed E-state index contributed by atoms with van der Waals surface area (Å²) in [4.78, 5) is 17.6. The number of piperazine rings is 1. The van der Waals surface area contributed by atoms with E-state index in [4.69, 9.17) is 11.6 Å². The molecule has 6 nitrogen and oxygen atoms in total. The maximum atomic E-state index is 12.6. The quantitative estimate of drug-likeness (QED) is 0.781. The SMILES string of the molecule is Cc1cc(C(=O)CN2CCN(S(=O)(=O)c3ccc(Cl)s3)CC2)c(C)[nH]1. The number of ketones is 1. The van der Waals surface area contributed by atoms with E-state index in [-0.39, 0.29) is 9.99 Å². The molecule has 0 atom stereocenters. The molecule has 1 saturated heterocycles. The van der Waals surface area contributed by atoms with Crippen LogP contribution in [0.25, 0.3) is 0 Å². The van der Waals surface area contributed by atoms with Gasteiger partial charge in [-0.2, -0.15) is 4.31 Å². The zero-order valence-electron chi connectivity index (χ0n) is 14.1. The van der Waals surface area contributed by atoms with Gasteiger partial charge in [-0.25, -0.2) is 8.42 Å². The summed E-state index contributed by atoms with van der Waals surface area (Å²) in [6.45, 7) is 5.92. The Morgan fingerprint density at radius 2 is 1.92 bits per heavy atom. The summed E-state index contributed by atoms with van der Waals surface area (Å²) in [5.74, 6) is 0.0585. The maximum Gasteiger partial charge on any atom is 0.252 e. The van der Waals surface area contributed by atoms with Gasteiger partial charge in [0.2, 0.25) is 0 Å². The van der Waals surface area contributed by atoms with Crippen LogP contribution in [0, 0.1) is 13.8 Å². The summed E-state index contributed by atoms with van der Waals surface area (Å²) >= 11 is 6.91. The Bertz CT molecular complexity index is 880. The summed E-state index contributed by atoms with van der Waals surface area (Å²) < 4.78 is 27.4. The van der Waals surface area contributed by atoms with E-state index in [2.05, 4.69) is 4.98 Å². The van der Waals surface area contributed by atoms with Gasteiger partial charge in [0.15, 0.2) is 5.78 Å². The van der Waals surface area contributed by atoms with Crippen LogP contribution in [-0.4, -0.2) is 61.1 Å². The van der Waals surface area contributed by atoms with Crippen LogP contribution in [0.5, 0.6) is 0 Å². The molecule has 1 N–H and O–H groups in total. The number of H-pyrrole nitrogens is 1. The fourth-order valence-electron chi connectivity index (χ4n) is 2.99. The van der Waals surface area contributed by atoms with Gasteiger partial charge < -0.3 is 4.98 Å². The van der Waals surface area contributed by atoms with Crippen molar-refractivity contribution in [2.45, 2.75) is 18.1 Å². The molecule has 3 rings (SSSR count). The number of rotatable bonds is 5. The Kier molecular flexibility index (Phi) is 5.36. The molecule has 0 aliphatic carbocycles. The molecule has 0 amide bonds. The molecule has 2 aromatic heterocycles. The van der Waals surface area contributed by atoms with Crippen molar-refractivity contribution in [3.63, 3.8) is 0 Å². The molecule has 3 heterocycles. The Hall–Kier alpha value is -1.19. The van der Waals surface area contributed by atoms with E-state index < -0.39 is 10.0 Å². The molecule has 9 heteroatoms. The van der Waals surface area contributed by atoms with E-state index in [1.807, 2.05) is 24.8 Å². The molecule has 0 aromatic carbocycles. The van der Waals surface area contributed by atoms with E-state index in [0.29, 0.717) is 42.6 Å². The number of carbonyl (C=O) groups is 1. The largest absolute Gasteiger partial charge is 0.362 e. The van der Waals surface area contributed by atoms with Crippen LogP contribution in [0.3, 0.4) is 0 Å². The third-order valence-electron chi connectivity index (χ3n) is 4.29. The summed E-state index contributed by atoms with van der Waals surface area (Å²) in [5, 5.41) is 0. The molecule has 2 aromatic rings. The van der Waals surface area contributed by atoms with Crippen molar-refractivity contribution in [1.82, 2.24) is 14.2 Å². The second-order valence-corrected chi connectivity index (χ2v) is 10.0. The van der Waals surface area contributed by atoms with Gasteiger partial charge in [-0.1, -0.05) is 11.6 Å². The first-order valence-corrected chi connectivity index (χ1v) is 10.6. The zero-order chi connectivity index (χ0) is 18.2. The number of halogens is 1. The van der Waals surface area contributed by atoms with Gasteiger partial charge in [0, 0.05) is 43.1 Å². The molecule has 0 unspecified atom stereocenters. The molecule has 25 heavy (non-hydrogen) atoms. The van der Waals surface area contributed by atoms with Gasteiger partial charge in [0.05, 0.1) is 10.9 Å². The second kappa shape index (κ2) is 7.20. The van der Waals surface area contributed by atoms with Crippen LogP contribution in [0.1, 0.15) is 21.7 Å². The highest BCUT2D eigenvalue weighted by atomic mass is 35.5. The fourth-order valence-corrected chi connectivity index (χ4v) is 6.05. The van der Waals surface area contributed by atoms with Crippen LogP contribution >= 0.6 is 22.9 Å². The van der Waals surface area contributed by atoms with Crippen molar-refractivity contribution >= 4 is 38.7 Å². The molecule has 1 fully saturated rings. The number of hydrogen-bond donors (Lipinski definition) is 1. The lowest BCUT2D eigenvalue weighted by atomic mass is 10.1. The molecular weight excluding hydrogens is 382 g/mol. The average Bonchev–Trinajstić information content (AvgIpc) is 3.13. The lowest BCUT2D eigenvalue weighted by molar-refractivity contribution is 0.0901. The number of nitrogens with one attached hydrogen (secondary N) is 1. The molecule has 136 valence electrons. The van der Waals surface area contributed by atoms with Crippen LogP contribution < -0.4 is 0 Å². The van der Waals surface area contributed by atoms with Gasteiger partial charge in [0.25, 0.3) is 10.0 Å². The average molecular weight is 402 g/mol. The number of nitrogens with zero attached hydrogens (tertiary/aromatic N) is 2. The highest BCUT2D eigenvalue weighted by molar-refractivity contribution is 7.91. The summed E-state index contributed by atoms with van der Waals surface area (Å²) in [6.07, 6.45) is 0. The van der Waals surface area contributed by atoms with Crippen molar-refractivity contribution in [2.75, 3.05) is 32.7 Å². The number of Topliss-reactive ketones (excluding diaryl/α,β-unsaturated/α-hetero) is 1. The molecule has 0 radical (unpaired) electrons. The molecule has 1 aliphatic heterocycles. The number of sulfonamides is 1. The molecule has 0 saturated carbocycles. The zero-order valence-corrected chi connectivity index (χ0v) is 16.5. The molecule has 0 spiro atoms. The van der Waals surface area contributed by atoms with Crippen molar-refractivity contribution in [1.29, 1.82) is 0 Å². The van der Waals surface area contributed by atoms with Gasteiger partial charge >= 0.3 is 0 Å². The lowest BCUT2D eigenvalue weighted by Crippen LogP contribution is -2.49. The van der Waals surface area contributed by atoms with Crippen LogP contribution in [-0.2, 0) is 10.0 Å². The van der Waals surface area contributed by atoms with Gasteiger partial charge in [-0.3, -0.25) is 9.69 Å². The van der Waals surface area contributed by atoms with Crippen molar-refractivity contribution in [3.8, 4) is 0 Å². The molecule has 0 bridgehead atoms. The van der Waals surface area contributed by atoms with Crippen molar-refractivity contribution in [2.24, 2.45) is 0 Å². The van der Waals surface area contributed by atoms with Gasteiger partial charge in [-0.15, -0.1) is 11.3 Å². The Labute approximate surface area is 156 Å². The first kappa shape index (κ1) is 18.6. The smallest absolute Gasteiger partial charge is 0.252 e. The van der Waals surface area contributed by atoms with Crippen molar-refractivity contribution < 1.29 is 13.2 Å². The van der Waals surface area contributed by atoms with Gasteiger partial charge in [0.1, 0.15) is 4.21 Å². The maximum absolute atomic E-state index is 12.6. The van der Waals surface area contributed by atoms with Crippen LogP contribution in [0.4, 0.5) is 0 Å². The topological polar surface area (TPSA) is 73.5 Å². The summed E-state index contributed by atoms with van der Waals surface area (Å²) in [5.41, 5.74) is 2.55. The number of aromatic nitrogens is 1. The first-order valence-electron chi connectivity index (χ1n) is 7.94. The Morgan fingerprint density at radius 3 is 2.44 bits per heavy atom. The lowest BCUT2D eigenvalue weighted by Gasteiger charge is -2.33. The minimum absolute atomic E-state index is 0.0585. The monoisotopic (exact) mass is 401 g/mol. The van der Waals surface area contributed by atoms with E-state index >= 15 is 0 Å². The highest BCUT2D eigenvalue weighted by Gasteiger charge is 2.30. The Balaban J connectivity index is 1.60. The predicted molar refractivity (Wildman–Crippen MR) is 99.1 cm³/mol. The Morgan fingerprint density at radius 1 is 1.24 bits per heavy atom. The highest BCUT2D eigenvalue weighted by Crippen LogP contribution is 2.28. The van der Waals surface area contributed by atoms with E-state index in [9.17, 15) is 13.2 Å².